The van der Waals surface area contributed by atoms with Gasteiger partial charge in [0.1, 0.15) is 0 Å². The Morgan fingerprint density at radius 3 is 2.94 bits per heavy atom. The van der Waals surface area contributed by atoms with Crippen LogP contribution in [0.4, 0.5) is 5.69 Å². The van der Waals surface area contributed by atoms with E-state index in [4.69, 9.17) is 9.52 Å². The minimum Gasteiger partial charge on any atom is -0.475 e. The van der Waals surface area contributed by atoms with Crippen molar-refractivity contribution in [1.29, 1.82) is 0 Å². The van der Waals surface area contributed by atoms with Crippen molar-refractivity contribution in [3.63, 3.8) is 0 Å². The number of benzene rings is 1. The molecule has 5 nitrogen and oxygen atoms in total. The van der Waals surface area contributed by atoms with Crippen LogP contribution in [0.25, 0.3) is 0 Å². The van der Waals surface area contributed by atoms with Crippen molar-refractivity contribution in [3.05, 3.63) is 46.1 Å². The molecule has 0 saturated carbocycles. The lowest BCUT2D eigenvalue weighted by atomic mass is 10.2. The van der Waals surface area contributed by atoms with Crippen LogP contribution >= 0.6 is 15.9 Å². The van der Waals surface area contributed by atoms with E-state index in [2.05, 4.69) is 26.2 Å². The number of nitrogens with one attached hydrogen (secondary N) is 1. The van der Waals surface area contributed by atoms with Crippen molar-refractivity contribution in [1.82, 2.24) is 4.98 Å². The third-order valence-corrected chi connectivity index (χ3v) is 3.26. The van der Waals surface area contributed by atoms with Gasteiger partial charge in [0, 0.05) is 10.2 Å². The summed E-state index contributed by atoms with van der Waals surface area (Å²) in [4.78, 5) is 14.5. The van der Waals surface area contributed by atoms with E-state index >= 15 is 0 Å². The molecule has 0 unspecified atom stereocenters. The summed E-state index contributed by atoms with van der Waals surface area (Å²) >= 11 is 3.42. The van der Waals surface area contributed by atoms with Gasteiger partial charge in [-0.3, -0.25) is 0 Å². The van der Waals surface area contributed by atoms with Gasteiger partial charge in [-0.15, -0.1) is 0 Å². The first-order chi connectivity index (χ1) is 8.56. The van der Waals surface area contributed by atoms with Crippen molar-refractivity contribution in [3.8, 4) is 0 Å². The molecule has 0 saturated heterocycles. The molecule has 2 N–H and O–H groups in total. The molecule has 1 aromatic heterocycles. The van der Waals surface area contributed by atoms with Crippen molar-refractivity contribution in [2.45, 2.75) is 13.5 Å². The van der Waals surface area contributed by atoms with Gasteiger partial charge in [0.05, 0.1) is 12.7 Å². The van der Waals surface area contributed by atoms with Crippen LogP contribution in [0.15, 0.2) is 33.3 Å². The molecule has 0 radical (unpaired) electrons. The monoisotopic (exact) mass is 310 g/mol. The predicted molar refractivity (Wildman–Crippen MR) is 69.7 cm³/mol. The number of oxazole rings is 1. The average molecular weight is 311 g/mol. The highest BCUT2D eigenvalue weighted by Crippen LogP contribution is 2.20. The van der Waals surface area contributed by atoms with Crippen molar-refractivity contribution in [2.75, 3.05) is 5.32 Å². The number of halogens is 1. The Labute approximate surface area is 112 Å². The quantitative estimate of drug-likeness (QED) is 0.907. The second-order valence-corrected chi connectivity index (χ2v) is 4.60. The normalized spacial score (nSPS) is 10.3. The lowest BCUT2D eigenvalue weighted by molar-refractivity contribution is 0.0660. The van der Waals surface area contributed by atoms with Gasteiger partial charge < -0.3 is 14.8 Å². The zero-order chi connectivity index (χ0) is 13.1. The first kappa shape index (κ1) is 12.6. The zero-order valence-electron chi connectivity index (χ0n) is 9.61. The summed E-state index contributed by atoms with van der Waals surface area (Å²) < 4.78 is 6.08. The Morgan fingerprint density at radius 2 is 2.33 bits per heavy atom. The number of aromatic nitrogens is 1. The third-order valence-electron chi connectivity index (χ3n) is 2.37. The van der Waals surface area contributed by atoms with Gasteiger partial charge in [0.15, 0.2) is 0 Å². The molecule has 0 aliphatic rings. The highest BCUT2D eigenvalue weighted by atomic mass is 79.9. The molecule has 0 fully saturated rings. The number of carboxylic acids is 1. The van der Waals surface area contributed by atoms with E-state index in [1.54, 1.807) is 0 Å². The van der Waals surface area contributed by atoms with E-state index in [-0.39, 0.29) is 5.76 Å². The van der Waals surface area contributed by atoms with Crippen LogP contribution in [0.1, 0.15) is 22.0 Å². The molecular formula is C12H11BrN2O3. The second kappa shape index (κ2) is 5.22. The molecule has 0 spiro atoms. The highest BCUT2D eigenvalue weighted by Gasteiger charge is 2.10. The van der Waals surface area contributed by atoms with Crippen molar-refractivity contribution >= 4 is 27.6 Å². The van der Waals surface area contributed by atoms with Gasteiger partial charge in [-0.1, -0.05) is 15.9 Å². The van der Waals surface area contributed by atoms with E-state index in [0.29, 0.717) is 12.4 Å². The second-order valence-electron chi connectivity index (χ2n) is 3.74. The van der Waals surface area contributed by atoms with Gasteiger partial charge in [-0.25, -0.2) is 9.78 Å². The summed E-state index contributed by atoms with van der Waals surface area (Å²) in [7, 11) is 0. The molecule has 0 aliphatic heterocycles. The molecule has 1 aromatic carbocycles. The molecule has 0 amide bonds. The van der Waals surface area contributed by atoms with Crippen LogP contribution in [0, 0.1) is 6.92 Å². The minimum absolute atomic E-state index is 0.154. The first-order valence-corrected chi connectivity index (χ1v) is 6.03. The maximum absolute atomic E-state index is 10.6. The fourth-order valence-electron chi connectivity index (χ4n) is 1.42. The molecule has 1 heterocycles. The smallest absolute Gasteiger partial charge is 0.373 e. The maximum atomic E-state index is 10.6. The van der Waals surface area contributed by atoms with Gasteiger partial charge in [0.25, 0.3) is 0 Å². The SMILES string of the molecule is Cc1cc(NCc2ncc(C(=O)O)o2)ccc1Br. The predicted octanol–water partition coefficient (Wildman–Crippen LogP) is 3.06. The molecule has 94 valence electrons. The van der Waals surface area contributed by atoms with Crippen molar-refractivity contribution in [2.24, 2.45) is 0 Å². The zero-order valence-corrected chi connectivity index (χ0v) is 11.2. The molecule has 0 bridgehead atoms. The summed E-state index contributed by atoms with van der Waals surface area (Å²) in [6, 6.07) is 5.83. The van der Waals surface area contributed by atoms with Crippen molar-refractivity contribution < 1.29 is 14.3 Å². The number of aryl methyl sites for hydroxylation is 1. The van der Waals surface area contributed by atoms with Gasteiger partial charge >= 0.3 is 5.97 Å². The number of carbonyl (C=O) groups is 1. The van der Waals surface area contributed by atoms with Gasteiger partial charge in [0.2, 0.25) is 11.7 Å². The van der Waals surface area contributed by atoms with E-state index in [9.17, 15) is 4.79 Å². The Bertz CT molecular complexity index is 580. The Morgan fingerprint density at radius 1 is 1.56 bits per heavy atom. The standard InChI is InChI=1S/C12H11BrN2O3/c1-7-4-8(2-3-9(7)13)14-6-11-15-5-10(18-11)12(16)17/h2-5,14H,6H2,1H3,(H,16,17). The Balaban J connectivity index is 2.02. The van der Waals surface area contributed by atoms with Crippen LogP contribution in [-0.4, -0.2) is 16.1 Å². The number of hydrogen-bond acceptors (Lipinski definition) is 4. The van der Waals surface area contributed by atoms with Gasteiger partial charge in [-0.2, -0.15) is 0 Å². The van der Waals surface area contributed by atoms with Crippen LogP contribution in [-0.2, 0) is 6.54 Å². The number of nitrogens with zero attached hydrogens (tertiary/aromatic N) is 1. The fraction of sp³-hybridized carbons (Fsp3) is 0.167. The van der Waals surface area contributed by atoms with E-state index < -0.39 is 5.97 Å². The summed E-state index contributed by atoms with van der Waals surface area (Å²) in [5.41, 5.74) is 2.03. The molecule has 6 heteroatoms. The van der Waals surface area contributed by atoms with E-state index in [1.807, 2.05) is 25.1 Å². The van der Waals surface area contributed by atoms with Gasteiger partial charge in [-0.05, 0) is 30.7 Å². The number of hydrogen-bond donors (Lipinski definition) is 2. The number of carboxylic acid groups (broad SMARTS) is 1. The van der Waals surface area contributed by atoms with E-state index in [1.165, 1.54) is 6.20 Å². The third kappa shape index (κ3) is 2.89. The molecular weight excluding hydrogens is 300 g/mol. The molecule has 2 rings (SSSR count). The molecule has 0 aliphatic carbocycles. The lowest BCUT2D eigenvalue weighted by Gasteiger charge is -2.05. The summed E-state index contributed by atoms with van der Waals surface area (Å²) in [6.45, 7) is 2.33. The average Bonchev–Trinajstić information content (AvgIpc) is 2.79. The molecule has 2 aromatic rings. The van der Waals surface area contributed by atoms with Crippen LogP contribution < -0.4 is 5.32 Å². The van der Waals surface area contributed by atoms with Crippen LogP contribution in [0.5, 0.6) is 0 Å². The summed E-state index contributed by atoms with van der Waals surface area (Å²) in [5, 5.41) is 11.8. The topological polar surface area (TPSA) is 75.4 Å². The number of rotatable bonds is 4. The highest BCUT2D eigenvalue weighted by molar-refractivity contribution is 9.10. The molecule has 0 atom stereocenters. The maximum Gasteiger partial charge on any atom is 0.373 e. The van der Waals surface area contributed by atoms with Crippen LogP contribution in [0.3, 0.4) is 0 Å². The lowest BCUT2D eigenvalue weighted by Crippen LogP contribution is -2.00. The summed E-state index contributed by atoms with van der Waals surface area (Å²) in [5.74, 6) is -0.931. The largest absolute Gasteiger partial charge is 0.475 e. The van der Waals surface area contributed by atoms with E-state index in [0.717, 1.165) is 15.7 Å². The Kier molecular flexibility index (Phi) is 3.66. The fourth-order valence-corrected chi connectivity index (χ4v) is 1.67. The Hall–Kier alpha value is -1.82. The first-order valence-electron chi connectivity index (χ1n) is 5.24. The number of anilines is 1. The number of aromatic carboxylic acids is 1. The van der Waals surface area contributed by atoms with Crippen LogP contribution in [0.2, 0.25) is 0 Å². The minimum atomic E-state index is -1.12. The summed E-state index contributed by atoms with van der Waals surface area (Å²) in [6.07, 6.45) is 1.20. The molecule has 18 heavy (non-hydrogen) atoms.